The molecule has 0 heterocycles. The van der Waals surface area contributed by atoms with E-state index in [1.807, 2.05) is 72.8 Å². The second-order valence-electron chi connectivity index (χ2n) is 6.58. The van der Waals surface area contributed by atoms with Gasteiger partial charge in [0.2, 0.25) is 5.91 Å². The third kappa shape index (κ3) is 5.33. The third-order valence-electron chi connectivity index (χ3n) is 4.54. The molecule has 0 aliphatic rings. The number of carbonyl (C=O) groups is 2. The largest absolute Gasteiger partial charge is 0.445 e. The number of nitrogens with one attached hydrogen (secondary N) is 1. The van der Waals surface area contributed by atoms with E-state index >= 15 is 0 Å². The van der Waals surface area contributed by atoms with E-state index in [9.17, 15) is 9.59 Å². The van der Waals surface area contributed by atoms with Crippen LogP contribution < -0.4 is 10.2 Å². The van der Waals surface area contributed by atoms with Crippen molar-refractivity contribution in [3.63, 3.8) is 0 Å². The van der Waals surface area contributed by atoms with Crippen LogP contribution in [0.1, 0.15) is 18.4 Å². The van der Waals surface area contributed by atoms with Gasteiger partial charge in [-0.3, -0.25) is 4.79 Å². The molecule has 28 heavy (non-hydrogen) atoms. The Morgan fingerprint density at radius 1 is 0.929 bits per heavy atom. The van der Waals surface area contributed by atoms with E-state index in [2.05, 4.69) is 5.32 Å². The molecule has 144 valence electrons. The zero-order valence-electron chi connectivity index (χ0n) is 15.9. The molecule has 5 nitrogen and oxygen atoms in total. The lowest BCUT2D eigenvalue weighted by molar-refractivity contribution is -0.118. The van der Waals surface area contributed by atoms with Gasteiger partial charge < -0.3 is 15.0 Å². The van der Waals surface area contributed by atoms with Gasteiger partial charge in [0.05, 0.1) is 0 Å². The summed E-state index contributed by atoms with van der Waals surface area (Å²) < 4.78 is 5.15. The van der Waals surface area contributed by atoms with Gasteiger partial charge in [0.25, 0.3) is 0 Å². The first kappa shape index (κ1) is 19.4. The number of benzene rings is 3. The maximum Gasteiger partial charge on any atom is 0.407 e. The average molecular weight is 376 g/mol. The number of rotatable bonds is 7. The Morgan fingerprint density at radius 3 is 2.43 bits per heavy atom. The molecule has 0 saturated heterocycles. The maximum atomic E-state index is 12.4. The SMILES string of the molecule is CN(C(=O)CCCNC(=O)OCc1ccccc1)c1ccc2ccccc2c1. The number of ether oxygens (including phenoxy) is 1. The van der Waals surface area contributed by atoms with Crippen molar-refractivity contribution in [2.75, 3.05) is 18.5 Å². The summed E-state index contributed by atoms with van der Waals surface area (Å²) in [5.74, 6) is 0.00901. The highest BCUT2D eigenvalue weighted by Gasteiger charge is 2.11. The van der Waals surface area contributed by atoms with Crippen LogP contribution in [-0.4, -0.2) is 25.6 Å². The molecule has 0 radical (unpaired) electrons. The fourth-order valence-electron chi connectivity index (χ4n) is 2.90. The molecule has 0 atom stereocenters. The van der Waals surface area contributed by atoms with E-state index in [1.54, 1.807) is 11.9 Å². The van der Waals surface area contributed by atoms with Gasteiger partial charge >= 0.3 is 6.09 Å². The molecule has 0 spiro atoms. The molecule has 3 aromatic rings. The molecule has 0 fully saturated rings. The minimum atomic E-state index is -0.473. The van der Waals surface area contributed by atoms with Gasteiger partial charge in [-0.05, 0) is 34.9 Å². The second-order valence-corrected chi connectivity index (χ2v) is 6.58. The molecule has 0 aliphatic carbocycles. The normalized spacial score (nSPS) is 10.5. The summed E-state index contributed by atoms with van der Waals surface area (Å²) in [4.78, 5) is 25.8. The Balaban J connectivity index is 1.40. The molecule has 3 aromatic carbocycles. The highest BCUT2D eigenvalue weighted by atomic mass is 16.5. The molecule has 2 amide bonds. The highest BCUT2D eigenvalue weighted by molar-refractivity contribution is 5.96. The molecule has 0 saturated carbocycles. The Kier molecular flexibility index (Phi) is 6.63. The van der Waals surface area contributed by atoms with E-state index in [1.165, 1.54) is 0 Å². The smallest absolute Gasteiger partial charge is 0.407 e. The molecule has 3 rings (SSSR count). The standard InChI is InChI=1S/C23H24N2O3/c1-25(21-14-13-19-10-5-6-11-20(19)16-21)22(26)12-7-15-24-23(27)28-17-18-8-3-2-4-9-18/h2-6,8-11,13-14,16H,7,12,15,17H2,1H3,(H,24,27). The zero-order valence-corrected chi connectivity index (χ0v) is 15.9. The van der Waals surface area contributed by atoms with Crippen molar-refractivity contribution in [1.29, 1.82) is 0 Å². The molecule has 0 bridgehead atoms. The van der Waals surface area contributed by atoms with E-state index in [-0.39, 0.29) is 12.5 Å². The topological polar surface area (TPSA) is 58.6 Å². The summed E-state index contributed by atoms with van der Waals surface area (Å²) in [6.45, 7) is 0.626. The van der Waals surface area contributed by atoms with Crippen molar-refractivity contribution in [2.45, 2.75) is 19.4 Å². The van der Waals surface area contributed by atoms with Gasteiger partial charge in [-0.1, -0.05) is 60.7 Å². The monoisotopic (exact) mass is 376 g/mol. The third-order valence-corrected chi connectivity index (χ3v) is 4.54. The number of carbonyl (C=O) groups excluding carboxylic acids is 2. The lowest BCUT2D eigenvalue weighted by Gasteiger charge is -2.18. The van der Waals surface area contributed by atoms with Gasteiger partial charge in [-0.25, -0.2) is 4.79 Å². The summed E-state index contributed by atoms with van der Waals surface area (Å²) in [5.41, 5.74) is 1.80. The Labute approximate surface area is 164 Å². The first-order valence-corrected chi connectivity index (χ1v) is 9.33. The van der Waals surface area contributed by atoms with Crippen LogP contribution in [0, 0.1) is 0 Å². The molecule has 1 N–H and O–H groups in total. The molecule has 0 unspecified atom stereocenters. The summed E-state index contributed by atoms with van der Waals surface area (Å²) in [6, 6.07) is 23.5. The van der Waals surface area contributed by atoms with Gasteiger partial charge in [-0.15, -0.1) is 0 Å². The van der Waals surface area contributed by atoms with Crippen molar-refractivity contribution < 1.29 is 14.3 Å². The minimum Gasteiger partial charge on any atom is -0.445 e. The van der Waals surface area contributed by atoms with Crippen LogP contribution in [0.15, 0.2) is 72.8 Å². The van der Waals surface area contributed by atoms with Crippen LogP contribution in [0.5, 0.6) is 0 Å². The number of hydrogen-bond acceptors (Lipinski definition) is 3. The summed E-state index contributed by atoms with van der Waals surface area (Å²) >= 11 is 0. The number of alkyl carbamates (subject to hydrolysis) is 1. The second kappa shape index (κ2) is 9.55. The maximum absolute atomic E-state index is 12.4. The van der Waals surface area contributed by atoms with Gasteiger partial charge in [0.1, 0.15) is 6.61 Å². The Hall–Kier alpha value is -3.34. The van der Waals surface area contributed by atoms with Gasteiger partial charge in [0, 0.05) is 25.7 Å². The zero-order chi connectivity index (χ0) is 19.8. The molecular weight excluding hydrogens is 352 g/mol. The summed E-state index contributed by atoms with van der Waals surface area (Å²) in [6.07, 6.45) is 0.429. The van der Waals surface area contributed by atoms with Crippen molar-refractivity contribution in [1.82, 2.24) is 5.32 Å². The van der Waals surface area contributed by atoms with E-state index in [4.69, 9.17) is 4.74 Å². The van der Waals surface area contributed by atoms with Crippen molar-refractivity contribution in [2.24, 2.45) is 0 Å². The molecule has 0 aromatic heterocycles. The van der Waals surface area contributed by atoms with Gasteiger partial charge in [0.15, 0.2) is 0 Å². The molecular formula is C23H24N2O3. The highest BCUT2D eigenvalue weighted by Crippen LogP contribution is 2.21. The van der Waals surface area contributed by atoms with E-state index < -0.39 is 6.09 Å². The van der Waals surface area contributed by atoms with E-state index in [0.717, 1.165) is 22.0 Å². The van der Waals surface area contributed by atoms with Crippen LogP contribution in [-0.2, 0) is 16.1 Å². The Bertz CT molecular complexity index is 941. The van der Waals surface area contributed by atoms with Crippen LogP contribution in [0.4, 0.5) is 10.5 Å². The first-order valence-electron chi connectivity index (χ1n) is 9.33. The first-order chi connectivity index (χ1) is 13.6. The summed E-state index contributed by atoms with van der Waals surface area (Å²) in [5, 5.41) is 4.92. The summed E-state index contributed by atoms with van der Waals surface area (Å²) in [7, 11) is 1.77. The van der Waals surface area contributed by atoms with Crippen molar-refractivity contribution >= 4 is 28.5 Å². The van der Waals surface area contributed by atoms with Crippen LogP contribution >= 0.6 is 0 Å². The van der Waals surface area contributed by atoms with Gasteiger partial charge in [-0.2, -0.15) is 0 Å². The van der Waals surface area contributed by atoms with Crippen LogP contribution in [0.2, 0.25) is 0 Å². The minimum absolute atomic E-state index is 0.00901. The number of amides is 2. The predicted molar refractivity (Wildman–Crippen MR) is 111 cm³/mol. The molecule has 0 aliphatic heterocycles. The fourth-order valence-corrected chi connectivity index (χ4v) is 2.90. The van der Waals surface area contributed by atoms with Crippen LogP contribution in [0.3, 0.4) is 0 Å². The Morgan fingerprint density at radius 2 is 1.64 bits per heavy atom. The van der Waals surface area contributed by atoms with Crippen molar-refractivity contribution in [3.8, 4) is 0 Å². The average Bonchev–Trinajstić information content (AvgIpc) is 2.75. The molecule has 5 heteroatoms. The number of anilines is 1. The predicted octanol–water partition coefficient (Wildman–Crippen LogP) is 4.51. The van der Waals surface area contributed by atoms with E-state index in [0.29, 0.717) is 19.4 Å². The lowest BCUT2D eigenvalue weighted by atomic mass is 10.1. The fraction of sp³-hybridized carbons (Fsp3) is 0.217. The number of fused-ring (bicyclic) bond motifs is 1. The van der Waals surface area contributed by atoms with Crippen molar-refractivity contribution in [3.05, 3.63) is 78.4 Å². The quantitative estimate of drug-likeness (QED) is 0.617. The lowest BCUT2D eigenvalue weighted by Crippen LogP contribution is -2.29. The van der Waals surface area contributed by atoms with Crippen LogP contribution in [0.25, 0.3) is 10.8 Å². The number of hydrogen-bond donors (Lipinski definition) is 1. The number of nitrogens with zero attached hydrogens (tertiary/aromatic N) is 1.